The summed E-state index contributed by atoms with van der Waals surface area (Å²) in [5.41, 5.74) is 9.12. The van der Waals surface area contributed by atoms with Crippen molar-refractivity contribution in [3.63, 3.8) is 0 Å². The summed E-state index contributed by atoms with van der Waals surface area (Å²) < 4.78 is 0. The molecule has 1 unspecified atom stereocenters. The van der Waals surface area contributed by atoms with E-state index in [4.69, 9.17) is 0 Å². The van der Waals surface area contributed by atoms with Crippen LogP contribution < -0.4 is 0 Å². The van der Waals surface area contributed by atoms with Crippen LogP contribution in [-0.2, 0) is 12.8 Å². The van der Waals surface area contributed by atoms with Crippen molar-refractivity contribution in [2.24, 2.45) is 5.92 Å². The Kier molecular flexibility index (Phi) is 7.45. The fourth-order valence-corrected chi connectivity index (χ4v) is 3.87. The van der Waals surface area contributed by atoms with E-state index in [0.717, 1.165) is 18.8 Å². The zero-order valence-corrected chi connectivity index (χ0v) is 17.1. The van der Waals surface area contributed by atoms with E-state index in [1.54, 1.807) is 0 Å². The summed E-state index contributed by atoms with van der Waals surface area (Å²) in [6, 6.07) is 13.4. The molecule has 0 saturated heterocycles. The fourth-order valence-electron chi connectivity index (χ4n) is 3.87. The van der Waals surface area contributed by atoms with Gasteiger partial charge in [0.1, 0.15) is 0 Å². The lowest BCUT2D eigenvalue weighted by atomic mass is 9.86. The van der Waals surface area contributed by atoms with E-state index in [0.29, 0.717) is 0 Å². The first-order chi connectivity index (χ1) is 12.5. The maximum atomic E-state index is 4.39. The van der Waals surface area contributed by atoms with E-state index >= 15 is 0 Å². The van der Waals surface area contributed by atoms with Crippen LogP contribution in [0.15, 0.2) is 49.6 Å². The van der Waals surface area contributed by atoms with Crippen LogP contribution in [0, 0.1) is 19.8 Å². The number of aryl methyl sites for hydroxylation is 2. The summed E-state index contributed by atoms with van der Waals surface area (Å²) in [5, 5.41) is 0. The molecular formula is C26H34. The number of benzene rings is 2. The van der Waals surface area contributed by atoms with Crippen LogP contribution in [0.4, 0.5) is 0 Å². The molecule has 0 aliphatic carbocycles. The minimum absolute atomic E-state index is 0.763. The second-order valence-corrected chi connectivity index (χ2v) is 7.61. The molecule has 0 N–H and O–H groups in total. The summed E-state index contributed by atoms with van der Waals surface area (Å²) >= 11 is 0. The number of hydrogen-bond acceptors (Lipinski definition) is 0. The van der Waals surface area contributed by atoms with Gasteiger partial charge in [0, 0.05) is 0 Å². The van der Waals surface area contributed by atoms with Gasteiger partial charge in [-0.15, -0.1) is 0 Å². The predicted octanol–water partition coefficient (Wildman–Crippen LogP) is 7.57. The molecule has 1 atom stereocenters. The monoisotopic (exact) mass is 346 g/mol. The van der Waals surface area contributed by atoms with Gasteiger partial charge in [0.2, 0.25) is 0 Å². The summed E-state index contributed by atoms with van der Waals surface area (Å²) in [5.74, 6) is 0.763. The molecule has 2 rings (SSSR count). The van der Waals surface area contributed by atoms with Crippen LogP contribution in [0.3, 0.4) is 0 Å². The van der Waals surface area contributed by atoms with Gasteiger partial charge in [0.15, 0.2) is 0 Å². The Morgan fingerprint density at radius 2 is 1.88 bits per heavy atom. The zero-order chi connectivity index (χ0) is 19.1. The van der Waals surface area contributed by atoms with Crippen LogP contribution in [0.1, 0.15) is 66.5 Å². The highest BCUT2D eigenvalue weighted by Crippen LogP contribution is 2.28. The molecular weight excluding hydrogens is 312 g/mol. The molecule has 0 heteroatoms. The summed E-state index contributed by atoms with van der Waals surface area (Å²) in [6.07, 6.45) is 7.85. The van der Waals surface area contributed by atoms with Gasteiger partial charge in [-0.2, -0.15) is 0 Å². The molecule has 2 aromatic carbocycles. The van der Waals surface area contributed by atoms with Crippen molar-refractivity contribution in [2.45, 2.75) is 59.8 Å². The van der Waals surface area contributed by atoms with Gasteiger partial charge in [-0.25, -0.2) is 0 Å². The SMILES string of the molecule is C=Cc1cc(C(=C)Cc2cccc(C)c2)c(C)cc1CC(CC)CCC. The smallest absolute Gasteiger partial charge is 0.00255 e. The van der Waals surface area contributed by atoms with Crippen molar-refractivity contribution in [1.82, 2.24) is 0 Å². The Labute approximate surface area is 160 Å². The van der Waals surface area contributed by atoms with E-state index in [1.807, 2.05) is 6.08 Å². The largest absolute Gasteiger partial charge is 0.0985 e. The van der Waals surface area contributed by atoms with Crippen molar-refractivity contribution >= 4 is 11.6 Å². The molecule has 0 fully saturated rings. The molecule has 0 saturated carbocycles. The molecule has 0 amide bonds. The molecule has 26 heavy (non-hydrogen) atoms. The topological polar surface area (TPSA) is 0 Å². The van der Waals surface area contributed by atoms with E-state index in [2.05, 4.69) is 77.3 Å². The molecule has 0 bridgehead atoms. The first-order valence-corrected chi connectivity index (χ1v) is 9.98. The number of rotatable bonds is 9. The Bertz CT molecular complexity index is 764. The molecule has 0 aliphatic rings. The highest BCUT2D eigenvalue weighted by Gasteiger charge is 2.13. The van der Waals surface area contributed by atoms with E-state index < -0.39 is 0 Å². The van der Waals surface area contributed by atoms with Crippen molar-refractivity contribution in [1.29, 1.82) is 0 Å². The first kappa shape index (κ1) is 20.2. The minimum atomic E-state index is 0.763. The van der Waals surface area contributed by atoms with Crippen molar-refractivity contribution in [2.75, 3.05) is 0 Å². The highest BCUT2D eigenvalue weighted by atomic mass is 14.2. The van der Waals surface area contributed by atoms with Gasteiger partial charge in [-0.05, 0) is 72.1 Å². The van der Waals surface area contributed by atoms with Crippen LogP contribution in [0.5, 0.6) is 0 Å². The number of hydrogen-bond donors (Lipinski definition) is 0. The molecule has 0 heterocycles. The van der Waals surface area contributed by atoms with Gasteiger partial charge in [-0.3, -0.25) is 0 Å². The lowest BCUT2D eigenvalue weighted by molar-refractivity contribution is 0.462. The maximum Gasteiger partial charge on any atom is -0.00255 e. The Morgan fingerprint density at radius 3 is 2.50 bits per heavy atom. The predicted molar refractivity (Wildman–Crippen MR) is 118 cm³/mol. The lowest BCUT2D eigenvalue weighted by Crippen LogP contribution is -2.06. The summed E-state index contributed by atoms with van der Waals surface area (Å²) in [6.45, 7) is 17.4. The van der Waals surface area contributed by atoms with Gasteiger partial charge in [0.25, 0.3) is 0 Å². The van der Waals surface area contributed by atoms with Crippen LogP contribution in [0.25, 0.3) is 11.6 Å². The van der Waals surface area contributed by atoms with Gasteiger partial charge < -0.3 is 0 Å². The zero-order valence-electron chi connectivity index (χ0n) is 17.1. The average molecular weight is 347 g/mol. The average Bonchev–Trinajstić information content (AvgIpc) is 2.61. The normalized spacial score (nSPS) is 12.0. The first-order valence-electron chi connectivity index (χ1n) is 9.98. The molecule has 2 aromatic rings. The third kappa shape index (κ3) is 5.21. The molecule has 0 radical (unpaired) electrons. The standard InChI is InChI=1S/C26H34/c1-7-11-22(8-2)17-25-16-21(6)26(18-24(25)9-3)20(5)15-23-13-10-12-19(4)14-23/h9-10,12-14,16,18,22H,3,5,7-8,11,15,17H2,1-2,4,6H3. The molecule has 138 valence electrons. The molecule has 0 aromatic heterocycles. The van der Waals surface area contributed by atoms with Crippen LogP contribution in [0.2, 0.25) is 0 Å². The fraction of sp³-hybridized carbons (Fsp3) is 0.385. The maximum absolute atomic E-state index is 4.39. The van der Waals surface area contributed by atoms with Crippen molar-refractivity contribution in [3.05, 3.63) is 82.9 Å². The lowest BCUT2D eigenvalue weighted by Gasteiger charge is -2.19. The third-order valence-corrected chi connectivity index (χ3v) is 5.37. The molecule has 0 nitrogen and oxygen atoms in total. The van der Waals surface area contributed by atoms with Crippen LogP contribution >= 0.6 is 0 Å². The van der Waals surface area contributed by atoms with Crippen molar-refractivity contribution in [3.8, 4) is 0 Å². The Balaban J connectivity index is 2.27. The van der Waals surface area contributed by atoms with E-state index in [1.165, 1.54) is 58.2 Å². The Hall–Kier alpha value is -2.08. The second kappa shape index (κ2) is 9.57. The quantitative estimate of drug-likeness (QED) is 0.439. The van der Waals surface area contributed by atoms with Gasteiger partial charge in [0.05, 0.1) is 0 Å². The van der Waals surface area contributed by atoms with Crippen LogP contribution in [-0.4, -0.2) is 0 Å². The summed E-state index contributed by atoms with van der Waals surface area (Å²) in [7, 11) is 0. The van der Waals surface area contributed by atoms with E-state index in [9.17, 15) is 0 Å². The van der Waals surface area contributed by atoms with E-state index in [-0.39, 0.29) is 0 Å². The Morgan fingerprint density at radius 1 is 1.12 bits per heavy atom. The summed E-state index contributed by atoms with van der Waals surface area (Å²) in [4.78, 5) is 0. The third-order valence-electron chi connectivity index (χ3n) is 5.37. The molecule has 0 spiro atoms. The highest BCUT2D eigenvalue weighted by molar-refractivity contribution is 5.72. The minimum Gasteiger partial charge on any atom is -0.0985 e. The second-order valence-electron chi connectivity index (χ2n) is 7.61. The van der Waals surface area contributed by atoms with Crippen molar-refractivity contribution < 1.29 is 0 Å². The van der Waals surface area contributed by atoms with Gasteiger partial charge in [-0.1, -0.05) is 88.2 Å². The van der Waals surface area contributed by atoms with Gasteiger partial charge >= 0.3 is 0 Å². The number of allylic oxidation sites excluding steroid dienone is 1. The molecule has 0 aliphatic heterocycles.